The van der Waals surface area contributed by atoms with Crippen molar-refractivity contribution in [3.05, 3.63) is 29.8 Å². The van der Waals surface area contributed by atoms with Crippen LogP contribution >= 0.6 is 0 Å². The van der Waals surface area contributed by atoms with Gasteiger partial charge in [-0.1, -0.05) is 12.1 Å². The van der Waals surface area contributed by atoms with E-state index in [1.54, 1.807) is 19.1 Å². The molecule has 1 aromatic carbocycles. The third-order valence-electron chi connectivity index (χ3n) is 3.64. The second-order valence-electron chi connectivity index (χ2n) is 5.64. The highest BCUT2D eigenvalue weighted by atomic mass is 32.2. The van der Waals surface area contributed by atoms with Crippen LogP contribution in [0.2, 0.25) is 0 Å². The van der Waals surface area contributed by atoms with Crippen LogP contribution in [0.4, 0.5) is 0 Å². The van der Waals surface area contributed by atoms with Crippen molar-refractivity contribution in [2.45, 2.75) is 43.4 Å². The Balaban J connectivity index is 1.90. The molecule has 1 saturated heterocycles. The van der Waals surface area contributed by atoms with Crippen LogP contribution in [0.5, 0.6) is 0 Å². The lowest BCUT2D eigenvalue weighted by Gasteiger charge is -2.12. The van der Waals surface area contributed by atoms with E-state index in [2.05, 4.69) is 10.0 Å². The number of rotatable bonds is 7. The Kier molecular flexibility index (Phi) is 6.11. The SMILES string of the molecule is C[C@@H](N)C(=O)NCc1ccc(S(=O)(=O)NCC2CCCO2)cc1. The summed E-state index contributed by atoms with van der Waals surface area (Å²) in [5, 5.41) is 2.67. The molecule has 1 heterocycles. The first-order chi connectivity index (χ1) is 10.9. The van der Waals surface area contributed by atoms with Gasteiger partial charge in [0.15, 0.2) is 0 Å². The summed E-state index contributed by atoms with van der Waals surface area (Å²) in [5.41, 5.74) is 6.26. The van der Waals surface area contributed by atoms with Gasteiger partial charge >= 0.3 is 0 Å². The predicted molar refractivity (Wildman–Crippen MR) is 86.1 cm³/mol. The summed E-state index contributed by atoms with van der Waals surface area (Å²) in [4.78, 5) is 11.6. The molecule has 4 N–H and O–H groups in total. The number of ether oxygens (including phenoxy) is 1. The molecule has 0 aliphatic carbocycles. The molecule has 1 amide bonds. The lowest BCUT2D eigenvalue weighted by atomic mass is 10.2. The number of nitrogens with two attached hydrogens (primary N) is 1. The van der Waals surface area contributed by atoms with Gasteiger partial charge < -0.3 is 15.8 Å². The number of benzene rings is 1. The van der Waals surface area contributed by atoms with E-state index >= 15 is 0 Å². The lowest BCUT2D eigenvalue weighted by molar-refractivity contribution is -0.122. The lowest BCUT2D eigenvalue weighted by Crippen LogP contribution is -2.37. The molecule has 1 aromatic rings. The molecule has 2 rings (SSSR count). The topological polar surface area (TPSA) is 111 Å². The summed E-state index contributed by atoms with van der Waals surface area (Å²) in [6, 6.07) is 5.80. The van der Waals surface area contributed by atoms with E-state index in [-0.39, 0.29) is 23.5 Å². The summed E-state index contributed by atoms with van der Waals surface area (Å²) in [5.74, 6) is -0.250. The molecule has 1 aliphatic rings. The number of hydrogen-bond acceptors (Lipinski definition) is 5. The number of nitrogens with one attached hydrogen (secondary N) is 2. The molecule has 2 atom stereocenters. The van der Waals surface area contributed by atoms with Gasteiger partial charge in [0.1, 0.15) is 0 Å². The van der Waals surface area contributed by atoms with E-state index in [0.717, 1.165) is 18.4 Å². The fourth-order valence-corrected chi connectivity index (χ4v) is 3.29. The van der Waals surface area contributed by atoms with Crippen molar-refractivity contribution < 1.29 is 17.9 Å². The molecule has 8 heteroatoms. The number of carbonyl (C=O) groups is 1. The minimum Gasteiger partial charge on any atom is -0.377 e. The van der Waals surface area contributed by atoms with Crippen LogP contribution in [0.25, 0.3) is 0 Å². The Labute approximate surface area is 136 Å². The van der Waals surface area contributed by atoms with E-state index in [0.29, 0.717) is 13.2 Å². The van der Waals surface area contributed by atoms with Gasteiger partial charge in [0.25, 0.3) is 0 Å². The maximum atomic E-state index is 12.2. The minimum absolute atomic E-state index is 0.0440. The first-order valence-electron chi connectivity index (χ1n) is 7.62. The van der Waals surface area contributed by atoms with Crippen molar-refractivity contribution >= 4 is 15.9 Å². The van der Waals surface area contributed by atoms with Gasteiger partial charge in [0.2, 0.25) is 15.9 Å². The van der Waals surface area contributed by atoms with Crippen LogP contribution in [-0.4, -0.2) is 39.6 Å². The van der Waals surface area contributed by atoms with E-state index in [1.165, 1.54) is 12.1 Å². The molecular formula is C15H23N3O4S. The molecule has 0 radical (unpaired) electrons. The molecule has 1 unspecified atom stereocenters. The highest BCUT2D eigenvalue weighted by Gasteiger charge is 2.20. The first kappa shape index (κ1) is 17.9. The maximum Gasteiger partial charge on any atom is 0.240 e. The second kappa shape index (κ2) is 7.87. The Morgan fingerprint density at radius 3 is 2.65 bits per heavy atom. The molecule has 23 heavy (non-hydrogen) atoms. The largest absolute Gasteiger partial charge is 0.377 e. The number of amides is 1. The van der Waals surface area contributed by atoms with Crippen LogP contribution in [0.3, 0.4) is 0 Å². The summed E-state index contributed by atoms with van der Waals surface area (Å²) in [7, 11) is -3.55. The van der Waals surface area contributed by atoms with Crippen molar-refractivity contribution in [3.8, 4) is 0 Å². The van der Waals surface area contributed by atoms with Crippen LogP contribution in [-0.2, 0) is 26.1 Å². The van der Waals surface area contributed by atoms with Crippen LogP contribution in [0, 0.1) is 0 Å². The van der Waals surface area contributed by atoms with E-state index in [4.69, 9.17) is 10.5 Å². The molecule has 0 aromatic heterocycles. The monoisotopic (exact) mass is 341 g/mol. The fraction of sp³-hybridized carbons (Fsp3) is 0.533. The van der Waals surface area contributed by atoms with Crippen LogP contribution < -0.4 is 15.8 Å². The van der Waals surface area contributed by atoms with Gasteiger partial charge in [-0.15, -0.1) is 0 Å². The van der Waals surface area contributed by atoms with Gasteiger partial charge in [0.05, 0.1) is 17.0 Å². The minimum atomic E-state index is -3.55. The predicted octanol–water partition coefficient (Wildman–Crippen LogP) is 0.107. The second-order valence-corrected chi connectivity index (χ2v) is 7.40. The Bertz CT molecular complexity index is 623. The summed E-state index contributed by atoms with van der Waals surface area (Å²) >= 11 is 0. The van der Waals surface area contributed by atoms with Crippen molar-refractivity contribution in [3.63, 3.8) is 0 Å². The zero-order chi connectivity index (χ0) is 16.9. The third kappa shape index (κ3) is 5.28. The van der Waals surface area contributed by atoms with Crippen molar-refractivity contribution in [2.75, 3.05) is 13.2 Å². The first-order valence-corrected chi connectivity index (χ1v) is 9.10. The molecule has 1 aliphatic heterocycles. The summed E-state index contributed by atoms with van der Waals surface area (Å²) < 4.78 is 32.4. The van der Waals surface area contributed by atoms with Crippen molar-refractivity contribution in [1.82, 2.24) is 10.0 Å². The Morgan fingerprint density at radius 1 is 1.39 bits per heavy atom. The van der Waals surface area contributed by atoms with Crippen molar-refractivity contribution in [1.29, 1.82) is 0 Å². The average Bonchev–Trinajstić information content (AvgIpc) is 3.04. The third-order valence-corrected chi connectivity index (χ3v) is 5.08. The summed E-state index contributed by atoms with van der Waals surface area (Å²) in [6.07, 6.45) is 1.80. The quantitative estimate of drug-likeness (QED) is 0.652. The van der Waals surface area contributed by atoms with E-state index in [9.17, 15) is 13.2 Å². The van der Waals surface area contributed by atoms with Gasteiger partial charge in [-0.2, -0.15) is 0 Å². The highest BCUT2D eigenvalue weighted by Crippen LogP contribution is 2.14. The fourth-order valence-electron chi connectivity index (χ4n) is 2.23. The standard InChI is InChI=1S/C15H23N3O4S/c1-11(16)15(19)17-9-12-4-6-14(7-5-12)23(20,21)18-10-13-3-2-8-22-13/h4-7,11,13,18H,2-3,8-10,16H2,1H3,(H,17,19)/t11-,13?/m1/s1. The normalized spacial score (nSPS) is 19.5. The van der Waals surface area contributed by atoms with Gasteiger partial charge in [0, 0.05) is 19.7 Å². The van der Waals surface area contributed by atoms with Gasteiger partial charge in [-0.3, -0.25) is 4.79 Å². The number of sulfonamides is 1. The number of hydrogen-bond donors (Lipinski definition) is 3. The van der Waals surface area contributed by atoms with Gasteiger partial charge in [-0.05, 0) is 37.5 Å². The van der Waals surface area contributed by atoms with E-state index < -0.39 is 16.1 Å². The molecule has 128 valence electrons. The highest BCUT2D eigenvalue weighted by molar-refractivity contribution is 7.89. The van der Waals surface area contributed by atoms with Crippen LogP contribution in [0.1, 0.15) is 25.3 Å². The summed E-state index contributed by atoms with van der Waals surface area (Å²) in [6.45, 7) is 2.89. The molecular weight excluding hydrogens is 318 g/mol. The van der Waals surface area contributed by atoms with Crippen LogP contribution in [0.15, 0.2) is 29.2 Å². The Hall–Kier alpha value is -1.48. The number of carbonyl (C=O) groups excluding carboxylic acids is 1. The molecule has 0 bridgehead atoms. The van der Waals surface area contributed by atoms with Crippen molar-refractivity contribution in [2.24, 2.45) is 5.73 Å². The molecule has 0 spiro atoms. The molecule has 1 fully saturated rings. The maximum absolute atomic E-state index is 12.2. The van der Waals surface area contributed by atoms with Gasteiger partial charge in [-0.25, -0.2) is 13.1 Å². The smallest absolute Gasteiger partial charge is 0.240 e. The molecule has 7 nitrogen and oxygen atoms in total. The Morgan fingerprint density at radius 2 is 2.09 bits per heavy atom. The average molecular weight is 341 g/mol. The van der Waals surface area contributed by atoms with E-state index in [1.807, 2.05) is 0 Å². The zero-order valence-corrected chi connectivity index (χ0v) is 13.9. The molecule has 0 saturated carbocycles. The zero-order valence-electron chi connectivity index (χ0n) is 13.1.